The van der Waals surface area contributed by atoms with Crippen molar-refractivity contribution in [2.45, 2.75) is 19.4 Å². The van der Waals surface area contributed by atoms with E-state index in [9.17, 15) is 4.79 Å². The second-order valence-electron chi connectivity index (χ2n) is 5.54. The van der Waals surface area contributed by atoms with Crippen LogP contribution in [0.1, 0.15) is 17.0 Å². The molecule has 0 saturated carbocycles. The molecule has 1 aromatic heterocycles. The summed E-state index contributed by atoms with van der Waals surface area (Å²) in [6.07, 6.45) is 1.07. The van der Waals surface area contributed by atoms with E-state index in [1.807, 2.05) is 42.5 Å². The zero-order valence-electron chi connectivity index (χ0n) is 14.2. The molecule has 0 radical (unpaired) electrons. The van der Waals surface area contributed by atoms with Gasteiger partial charge in [-0.2, -0.15) is 0 Å². The van der Waals surface area contributed by atoms with E-state index in [-0.39, 0.29) is 5.91 Å². The van der Waals surface area contributed by atoms with Crippen molar-refractivity contribution in [2.24, 2.45) is 0 Å². The number of aromatic nitrogens is 1. The highest BCUT2D eigenvalue weighted by molar-refractivity contribution is 7.18. The van der Waals surface area contributed by atoms with Gasteiger partial charge in [0.1, 0.15) is 0 Å². The highest BCUT2D eigenvalue weighted by Crippen LogP contribution is 2.27. The van der Waals surface area contributed by atoms with Crippen LogP contribution in [-0.2, 0) is 17.8 Å². The number of amides is 1. The van der Waals surface area contributed by atoms with Crippen molar-refractivity contribution in [1.82, 2.24) is 10.3 Å². The first-order valence-corrected chi connectivity index (χ1v) is 8.83. The minimum atomic E-state index is 0.00837. The second kappa shape index (κ2) is 7.98. The van der Waals surface area contributed by atoms with Crippen LogP contribution in [0.4, 0.5) is 0 Å². The van der Waals surface area contributed by atoms with E-state index in [2.05, 4.69) is 10.3 Å². The largest absolute Gasteiger partial charge is 0.493 e. The van der Waals surface area contributed by atoms with Crippen LogP contribution in [0.2, 0.25) is 0 Å². The molecule has 2 aromatic carbocycles. The van der Waals surface area contributed by atoms with Gasteiger partial charge in [-0.3, -0.25) is 4.79 Å². The topological polar surface area (TPSA) is 60.5 Å². The van der Waals surface area contributed by atoms with Gasteiger partial charge in [0, 0.05) is 19.4 Å². The van der Waals surface area contributed by atoms with Crippen LogP contribution in [-0.4, -0.2) is 25.1 Å². The fourth-order valence-corrected chi connectivity index (χ4v) is 3.49. The quantitative estimate of drug-likeness (QED) is 0.703. The van der Waals surface area contributed by atoms with Gasteiger partial charge in [0.2, 0.25) is 5.91 Å². The van der Waals surface area contributed by atoms with Crippen LogP contribution < -0.4 is 14.8 Å². The van der Waals surface area contributed by atoms with E-state index in [4.69, 9.17) is 9.47 Å². The number of hydrogen-bond acceptors (Lipinski definition) is 5. The molecule has 6 heteroatoms. The summed E-state index contributed by atoms with van der Waals surface area (Å²) >= 11 is 1.64. The Hall–Kier alpha value is -2.60. The molecular formula is C19H20N2O3S. The molecule has 0 aliphatic heterocycles. The van der Waals surface area contributed by atoms with Crippen molar-refractivity contribution >= 4 is 27.5 Å². The van der Waals surface area contributed by atoms with Crippen molar-refractivity contribution in [3.8, 4) is 11.5 Å². The molecule has 1 amide bonds. The summed E-state index contributed by atoms with van der Waals surface area (Å²) in [6.45, 7) is 0.457. The van der Waals surface area contributed by atoms with Gasteiger partial charge in [-0.25, -0.2) is 4.98 Å². The van der Waals surface area contributed by atoms with Gasteiger partial charge in [0.15, 0.2) is 11.5 Å². The Morgan fingerprint density at radius 2 is 1.92 bits per heavy atom. The highest BCUT2D eigenvalue weighted by atomic mass is 32.1. The lowest BCUT2D eigenvalue weighted by Crippen LogP contribution is -2.23. The minimum Gasteiger partial charge on any atom is -0.493 e. The number of ether oxygens (including phenoxy) is 2. The SMILES string of the molecule is COc1ccc(CNC(=O)CCc2nc3ccccc3s2)cc1OC. The third kappa shape index (κ3) is 4.28. The number of para-hydroxylation sites is 1. The van der Waals surface area contributed by atoms with Gasteiger partial charge in [0.25, 0.3) is 0 Å². The van der Waals surface area contributed by atoms with Gasteiger partial charge >= 0.3 is 0 Å². The molecule has 0 bridgehead atoms. The molecule has 1 N–H and O–H groups in total. The minimum absolute atomic E-state index is 0.00837. The smallest absolute Gasteiger partial charge is 0.220 e. The van der Waals surface area contributed by atoms with Crippen molar-refractivity contribution < 1.29 is 14.3 Å². The predicted octanol–water partition coefficient (Wildman–Crippen LogP) is 3.56. The zero-order chi connectivity index (χ0) is 17.6. The van der Waals surface area contributed by atoms with Crippen LogP contribution in [0, 0.1) is 0 Å². The first-order chi connectivity index (χ1) is 12.2. The molecule has 0 aliphatic carbocycles. The molecule has 0 unspecified atom stereocenters. The van der Waals surface area contributed by atoms with Gasteiger partial charge in [-0.15, -0.1) is 11.3 Å². The van der Waals surface area contributed by atoms with E-state index < -0.39 is 0 Å². The Morgan fingerprint density at radius 3 is 2.68 bits per heavy atom. The number of carbonyl (C=O) groups excluding carboxylic acids is 1. The molecule has 25 heavy (non-hydrogen) atoms. The second-order valence-corrected chi connectivity index (χ2v) is 6.66. The number of rotatable bonds is 7. The number of hydrogen-bond donors (Lipinski definition) is 1. The normalized spacial score (nSPS) is 10.6. The summed E-state index contributed by atoms with van der Waals surface area (Å²) < 4.78 is 11.6. The van der Waals surface area contributed by atoms with Crippen molar-refractivity contribution in [2.75, 3.05) is 14.2 Å². The molecule has 0 aliphatic rings. The summed E-state index contributed by atoms with van der Waals surface area (Å²) in [5, 5.41) is 3.92. The maximum absolute atomic E-state index is 12.1. The number of nitrogens with one attached hydrogen (secondary N) is 1. The zero-order valence-corrected chi connectivity index (χ0v) is 15.1. The lowest BCUT2D eigenvalue weighted by molar-refractivity contribution is -0.121. The first-order valence-electron chi connectivity index (χ1n) is 8.01. The van der Waals surface area contributed by atoms with Crippen molar-refractivity contribution in [1.29, 1.82) is 0 Å². The average molecular weight is 356 g/mol. The fraction of sp³-hybridized carbons (Fsp3) is 0.263. The Bertz CT molecular complexity index is 843. The van der Waals surface area contributed by atoms with Gasteiger partial charge in [-0.1, -0.05) is 18.2 Å². The number of nitrogens with zero attached hydrogens (tertiary/aromatic N) is 1. The van der Waals surface area contributed by atoms with Crippen LogP contribution in [0.15, 0.2) is 42.5 Å². The van der Waals surface area contributed by atoms with Gasteiger partial charge in [0.05, 0.1) is 29.4 Å². The molecule has 130 valence electrons. The average Bonchev–Trinajstić information content (AvgIpc) is 3.07. The summed E-state index contributed by atoms with van der Waals surface area (Å²) in [6, 6.07) is 13.6. The standard InChI is InChI=1S/C19H20N2O3S/c1-23-15-8-7-13(11-16(15)24-2)12-20-18(22)9-10-19-21-14-5-3-4-6-17(14)25-19/h3-8,11H,9-10,12H2,1-2H3,(H,20,22). The lowest BCUT2D eigenvalue weighted by Gasteiger charge is -2.10. The number of carbonyl (C=O) groups is 1. The van der Waals surface area contributed by atoms with E-state index in [0.717, 1.165) is 20.8 Å². The van der Waals surface area contributed by atoms with Crippen LogP contribution >= 0.6 is 11.3 Å². The first kappa shape index (κ1) is 17.2. The number of methoxy groups -OCH3 is 2. The predicted molar refractivity (Wildman–Crippen MR) is 99.3 cm³/mol. The fourth-order valence-electron chi connectivity index (χ4n) is 2.53. The Morgan fingerprint density at radius 1 is 1.12 bits per heavy atom. The molecule has 0 atom stereocenters. The molecule has 0 saturated heterocycles. The van der Waals surface area contributed by atoms with Crippen molar-refractivity contribution in [3.63, 3.8) is 0 Å². The number of fused-ring (bicyclic) bond motifs is 1. The molecule has 0 fully saturated rings. The van der Waals surface area contributed by atoms with Gasteiger partial charge < -0.3 is 14.8 Å². The third-order valence-electron chi connectivity index (χ3n) is 3.84. The monoisotopic (exact) mass is 356 g/mol. The van der Waals surface area contributed by atoms with E-state index in [1.165, 1.54) is 0 Å². The molecular weight excluding hydrogens is 336 g/mol. The Balaban J connectivity index is 1.52. The molecule has 0 spiro atoms. The molecule has 1 heterocycles. The molecule has 3 rings (SSSR count). The maximum Gasteiger partial charge on any atom is 0.220 e. The maximum atomic E-state index is 12.1. The summed E-state index contributed by atoms with van der Waals surface area (Å²) in [4.78, 5) is 16.6. The van der Waals surface area contributed by atoms with E-state index >= 15 is 0 Å². The third-order valence-corrected chi connectivity index (χ3v) is 4.94. The van der Waals surface area contributed by atoms with E-state index in [1.54, 1.807) is 25.6 Å². The summed E-state index contributed by atoms with van der Waals surface area (Å²) in [5.74, 6) is 1.34. The van der Waals surface area contributed by atoms with Gasteiger partial charge in [-0.05, 0) is 29.8 Å². The lowest BCUT2D eigenvalue weighted by atomic mass is 10.2. The Kier molecular flexibility index (Phi) is 5.50. The highest BCUT2D eigenvalue weighted by Gasteiger charge is 2.08. The van der Waals surface area contributed by atoms with Crippen LogP contribution in [0.3, 0.4) is 0 Å². The van der Waals surface area contributed by atoms with E-state index in [0.29, 0.717) is 30.9 Å². The number of thiazole rings is 1. The van der Waals surface area contributed by atoms with Crippen LogP contribution in [0.5, 0.6) is 11.5 Å². The number of benzene rings is 2. The molecule has 3 aromatic rings. The van der Waals surface area contributed by atoms with Crippen LogP contribution in [0.25, 0.3) is 10.2 Å². The number of aryl methyl sites for hydroxylation is 1. The summed E-state index contributed by atoms with van der Waals surface area (Å²) in [5.41, 5.74) is 1.96. The summed E-state index contributed by atoms with van der Waals surface area (Å²) in [7, 11) is 3.19. The molecule has 5 nitrogen and oxygen atoms in total. The van der Waals surface area contributed by atoms with Crippen molar-refractivity contribution in [3.05, 3.63) is 53.0 Å². The Labute approximate surface area is 150 Å².